The molecule has 0 spiro atoms. The number of amides is 3. The van der Waals surface area contributed by atoms with E-state index in [1.54, 1.807) is 48.2 Å². The smallest absolute Gasteiger partial charge is 0.332 e. The summed E-state index contributed by atoms with van der Waals surface area (Å²) in [6.07, 6.45) is 0. The second-order valence-corrected chi connectivity index (χ2v) is 17.7. The third-order valence-corrected chi connectivity index (χ3v) is 12.1. The number of hydrogen-bond acceptors (Lipinski definition) is 9. The van der Waals surface area contributed by atoms with Crippen LogP contribution in [0.2, 0.25) is 0 Å². The molecule has 3 heterocycles. The van der Waals surface area contributed by atoms with Gasteiger partial charge in [0.2, 0.25) is 5.91 Å². The minimum atomic E-state index is -0.820. The van der Waals surface area contributed by atoms with Crippen LogP contribution in [-0.4, -0.2) is 103 Å². The summed E-state index contributed by atoms with van der Waals surface area (Å²) in [6, 6.07) is 48.8. The van der Waals surface area contributed by atoms with Gasteiger partial charge in [0.15, 0.2) is 5.78 Å². The van der Waals surface area contributed by atoms with E-state index in [9.17, 15) is 28.8 Å². The number of benzene rings is 6. The van der Waals surface area contributed by atoms with Crippen LogP contribution in [0.5, 0.6) is 0 Å². The molecule has 0 N–H and O–H groups in total. The number of para-hydroxylation sites is 5. The van der Waals surface area contributed by atoms with Gasteiger partial charge in [-0.15, -0.1) is 0 Å². The summed E-state index contributed by atoms with van der Waals surface area (Å²) in [5, 5.41) is 0. The molecule has 1 aliphatic rings. The first-order valence-electron chi connectivity index (χ1n) is 23.9. The predicted molar refractivity (Wildman–Crippen MR) is 292 cm³/mol. The molecule has 3 amide bonds. The van der Waals surface area contributed by atoms with Crippen LogP contribution in [0.1, 0.15) is 66.0 Å². The van der Waals surface area contributed by atoms with Crippen LogP contribution >= 0.6 is 0 Å². The van der Waals surface area contributed by atoms with E-state index in [1.165, 1.54) is 14.0 Å². The standard InChI is InChI=1S/C21H23N3O2.C19H19N3O2.C18H16N2O2.CH4/c1-14(2)23(15(3)4)21(26)24-18-13-9-8-12-17(18)22-19(20(24)25)16-10-6-5-7-11-16;1-3-21(4-2)19(24)22-16-13-9-8-12-15(16)20-17(18(22)23)14-10-6-5-7-11-14;1-20(2)18(22)15-13-10-6-7-11-14(13)19-16(17(15)21)12-8-4-3-5-9-12;/h5-15H,1-4H3;5-13H,3-4H2,1-2H3;3-11,15H,1-2H3;1H4. The highest BCUT2D eigenvalue weighted by Crippen LogP contribution is 2.35. The molecule has 9 rings (SSSR count). The number of Topliss-reactive ketones (excluding diaryl/α,β-unsaturated/α-hetero) is 1. The average Bonchev–Trinajstić information content (AvgIpc) is 3.39. The van der Waals surface area contributed by atoms with Crippen LogP contribution in [0.3, 0.4) is 0 Å². The van der Waals surface area contributed by atoms with Gasteiger partial charge in [-0.2, -0.15) is 0 Å². The van der Waals surface area contributed by atoms with Gasteiger partial charge in [0.1, 0.15) is 23.0 Å². The predicted octanol–water partition coefficient (Wildman–Crippen LogP) is 10.7. The number of aromatic nitrogens is 4. The number of likely N-dealkylation sites (N-methyl/N-ethyl adjacent to an activating group) is 1. The van der Waals surface area contributed by atoms with Crippen molar-refractivity contribution in [3.05, 3.63) is 196 Å². The van der Waals surface area contributed by atoms with E-state index >= 15 is 0 Å². The number of hydrogen-bond donors (Lipinski definition) is 0. The molecular formula is C59H62N8O6. The quantitative estimate of drug-likeness (QED) is 0.136. The fourth-order valence-electron chi connectivity index (χ4n) is 8.59. The van der Waals surface area contributed by atoms with E-state index in [1.807, 2.05) is 181 Å². The fourth-order valence-corrected chi connectivity index (χ4v) is 8.59. The van der Waals surface area contributed by atoms with Crippen LogP contribution in [0.4, 0.5) is 15.3 Å². The minimum Gasteiger partial charge on any atom is -0.348 e. The lowest BCUT2D eigenvalue weighted by atomic mass is 9.85. The zero-order valence-corrected chi connectivity index (χ0v) is 41.8. The van der Waals surface area contributed by atoms with E-state index in [0.717, 1.165) is 5.56 Å². The molecule has 14 nitrogen and oxygen atoms in total. The molecule has 73 heavy (non-hydrogen) atoms. The van der Waals surface area contributed by atoms with Crippen LogP contribution in [0.15, 0.2) is 178 Å². The van der Waals surface area contributed by atoms with Crippen molar-refractivity contribution >= 4 is 57.2 Å². The molecule has 1 unspecified atom stereocenters. The first kappa shape index (κ1) is 53.7. The summed E-state index contributed by atoms with van der Waals surface area (Å²) < 4.78 is 2.49. The number of fused-ring (bicyclic) bond motifs is 3. The lowest BCUT2D eigenvalue weighted by Crippen LogP contribution is -2.47. The molecular weight excluding hydrogens is 917 g/mol. The molecule has 8 aromatic rings. The molecule has 0 saturated carbocycles. The van der Waals surface area contributed by atoms with Gasteiger partial charge < -0.3 is 14.7 Å². The van der Waals surface area contributed by atoms with Crippen molar-refractivity contribution in [2.24, 2.45) is 4.99 Å². The number of ketones is 1. The van der Waals surface area contributed by atoms with E-state index in [2.05, 4.69) is 15.0 Å². The highest BCUT2D eigenvalue weighted by atomic mass is 16.2. The number of carbonyl (C=O) groups excluding carboxylic acids is 4. The Morgan fingerprint density at radius 2 is 0.932 bits per heavy atom. The third-order valence-electron chi connectivity index (χ3n) is 12.1. The van der Waals surface area contributed by atoms with Gasteiger partial charge >= 0.3 is 12.1 Å². The van der Waals surface area contributed by atoms with Gasteiger partial charge in [0, 0.05) is 56.0 Å². The van der Waals surface area contributed by atoms with Crippen molar-refractivity contribution in [3.8, 4) is 22.5 Å². The monoisotopic (exact) mass is 978 g/mol. The zero-order chi connectivity index (χ0) is 51.6. The second kappa shape index (κ2) is 24.0. The van der Waals surface area contributed by atoms with Gasteiger partial charge in [0.05, 0.1) is 27.8 Å². The molecule has 0 aliphatic carbocycles. The Balaban J connectivity index is 0.000000178. The zero-order valence-electron chi connectivity index (χ0n) is 41.8. The Morgan fingerprint density at radius 3 is 1.37 bits per heavy atom. The number of rotatable bonds is 8. The maximum absolute atomic E-state index is 13.3. The van der Waals surface area contributed by atoms with Crippen LogP contribution in [0, 0.1) is 0 Å². The molecule has 2 aromatic heterocycles. The molecule has 1 atom stereocenters. The topological polar surface area (TPSA) is 160 Å². The van der Waals surface area contributed by atoms with Gasteiger partial charge in [-0.1, -0.05) is 141 Å². The Morgan fingerprint density at radius 1 is 0.534 bits per heavy atom. The number of nitrogens with zero attached hydrogens (tertiary/aromatic N) is 8. The van der Waals surface area contributed by atoms with Gasteiger partial charge in [-0.25, -0.2) is 33.7 Å². The SMILES string of the molecule is C.CC(C)N(C(=O)n1c(=O)c(-c2ccccc2)nc2ccccc21)C(C)C.CCN(CC)C(=O)n1c(=O)c(-c2ccccc2)nc2ccccc21.CN(C)C(=O)C1C(=O)C(c2ccccc2)=Nc2ccccc21. The summed E-state index contributed by atoms with van der Waals surface area (Å²) in [4.78, 5) is 96.1. The van der Waals surface area contributed by atoms with Crippen molar-refractivity contribution in [1.82, 2.24) is 33.8 Å². The molecule has 374 valence electrons. The summed E-state index contributed by atoms with van der Waals surface area (Å²) in [6.45, 7) is 12.7. The molecule has 0 saturated heterocycles. The fraction of sp³-hybridized carbons (Fsp3) is 0.237. The van der Waals surface area contributed by atoms with E-state index in [-0.39, 0.29) is 54.7 Å². The minimum absolute atomic E-state index is 0. The van der Waals surface area contributed by atoms with Crippen molar-refractivity contribution in [1.29, 1.82) is 0 Å². The Kier molecular flexibility index (Phi) is 17.6. The normalized spacial score (nSPS) is 12.6. The first-order chi connectivity index (χ1) is 34.7. The highest BCUT2D eigenvalue weighted by molar-refractivity contribution is 6.52. The van der Waals surface area contributed by atoms with Gasteiger partial charge in [-0.3, -0.25) is 19.2 Å². The molecule has 14 heteroatoms. The summed E-state index contributed by atoms with van der Waals surface area (Å²) >= 11 is 0. The second-order valence-electron chi connectivity index (χ2n) is 17.7. The number of aliphatic imine (C=N–C) groups is 1. The van der Waals surface area contributed by atoms with Crippen molar-refractivity contribution in [3.63, 3.8) is 0 Å². The lowest BCUT2D eigenvalue weighted by Gasteiger charge is -2.31. The maximum Gasteiger partial charge on any atom is 0.332 e. The van der Waals surface area contributed by atoms with Crippen LogP contribution in [-0.2, 0) is 9.59 Å². The maximum atomic E-state index is 13.3. The lowest BCUT2D eigenvalue weighted by molar-refractivity contribution is -0.133. The molecule has 0 radical (unpaired) electrons. The van der Waals surface area contributed by atoms with Crippen molar-refractivity contribution < 1.29 is 19.2 Å². The highest BCUT2D eigenvalue weighted by Gasteiger charge is 2.38. The Hall–Kier alpha value is -8.65. The van der Waals surface area contributed by atoms with Crippen molar-refractivity contribution in [2.45, 2.75) is 67.0 Å². The Labute approximate surface area is 425 Å². The molecule has 6 aromatic carbocycles. The van der Waals surface area contributed by atoms with Gasteiger partial charge in [0.25, 0.3) is 11.1 Å². The van der Waals surface area contributed by atoms with Crippen LogP contribution in [0.25, 0.3) is 44.6 Å². The third kappa shape index (κ3) is 11.4. The van der Waals surface area contributed by atoms with Crippen molar-refractivity contribution in [2.75, 3.05) is 27.2 Å². The van der Waals surface area contributed by atoms with E-state index in [4.69, 9.17) is 0 Å². The largest absolute Gasteiger partial charge is 0.348 e. The summed E-state index contributed by atoms with van der Waals surface area (Å²) in [5.74, 6) is -1.29. The summed E-state index contributed by atoms with van der Waals surface area (Å²) in [5.41, 5.74) is 5.91. The van der Waals surface area contributed by atoms with E-state index in [0.29, 0.717) is 63.2 Å². The average molecular weight is 979 g/mol. The van der Waals surface area contributed by atoms with Crippen LogP contribution < -0.4 is 11.1 Å². The molecule has 0 fully saturated rings. The molecule has 1 aliphatic heterocycles. The van der Waals surface area contributed by atoms with Gasteiger partial charge in [-0.05, 0) is 77.4 Å². The first-order valence-corrected chi connectivity index (χ1v) is 23.9. The summed E-state index contributed by atoms with van der Waals surface area (Å²) in [7, 11) is 3.32. The molecule has 0 bridgehead atoms. The Bertz CT molecular complexity index is 3390. The number of carbonyl (C=O) groups is 4. The van der Waals surface area contributed by atoms with E-state index < -0.39 is 17.0 Å².